The Morgan fingerprint density at radius 3 is 2.54 bits per heavy atom. The van der Waals surface area contributed by atoms with Gasteiger partial charge in [0, 0.05) is 18.5 Å². The number of carboxylic acid groups (broad SMARTS) is 1. The molecule has 0 unspecified atom stereocenters. The Kier molecular flexibility index (Phi) is 6.93. The SMILES string of the molecule is O=C(O)CCCCC(=O)Nc1cccc(S(=O)(=O)NCc2ccco2)c1. The van der Waals surface area contributed by atoms with Crippen LogP contribution >= 0.6 is 0 Å². The highest BCUT2D eigenvalue weighted by molar-refractivity contribution is 7.89. The van der Waals surface area contributed by atoms with Gasteiger partial charge in [-0.1, -0.05) is 6.07 Å². The predicted octanol–water partition coefficient (Wildman–Crippen LogP) is 2.34. The van der Waals surface area contributed by atoms with Gasteiger partial charge in [0.25, 0.3) is 0 Å². The van der Waals surface area contributed by atoms with Crippen molar-refractivity contribution in [2.24, 2.45) is 0 Å². The number of sulfonamides is 1. The number of hydrogen-bond acceptors (Lipinski definition) is 5. The average Bonchev–Trinajstić information content (AvgIpc) is 3.11. The number of aliphatic carboxylic acids is 1. The van der Waals surface area contributed by atoms with Gasteiger partial charge >= 0.3 is 5.97 Å². The summed E-state index contributed by atoms with van der Waals surface area (Å²) in [5, 5.41) is 11.2. The summed E-state index contributed by atoms with van der Waals surface area (Å²) in [6.07, 6.45) is 2.49. The molecule has 1 heterocycles. The molecule has 0 aliphatic heterocycles. The van der Waals surface area contributed by atoms with Crippen LogP contribution in [-0.4, -0.2) is 25.4 Å². The fourth-order valence-corrected chi connectivity index (χ4v) is 3.23. The van der Waals surface area contributed by atoms with Crippen LogP contribution in [0.5, 0.6) is 0 Å². The van der Waals surface area contributed by atoms with E-state index in [0.717, 1.165) is 0 Å². The number of anilines is 1. The van der Waals surface area contributed by atoms with Crippen molar-refractivity contribution in [3.63, 3.8) is 0 Å². The summed E-state index contributed by atoms with van der Waals surface area (Å²) in [5.74, 6) is -0.710. The Morgan fingerprint density at radius 2 is 1.85 bits per heavy atom. The van der Waals surface area contributed by atoms with Crippen LogP contribution in [-0.2, 0) is 26.2 Å². The van der Waals surface area contributed by atoms with Crippen molar-refractivity contribution in [1.29, 1.82) is 0 Å². The zero-order chi connectivity index (χ0) is 19.0. The number of carbonyl (C=O) groups excluding carboxylic acids is 1. The molecule has 8 nitrogen and oxygen atoms in total. The summed E-state index contributed by atoms with van der Waals surface area (Å²) in [6, 6.07) is 9.22. The summed E-state index contributed by atoms with van der Waals surface area (Å²) in [7, 11) is -3.75. The van der Waals surface area contributed by atoms with Gasteiger partial charge in [-0.2, -0.15) is 0 Å². The number of furan rings is 1. The van der Waals surface area contributed by atoms with E-state index in [0.29, 0.717) is 24.3 Å². The molecule has 2 aromatic rings. The van der Waals surface area contributed by atoms with Gasteiger partial charge in [0.05, 0.1) is 17.7 Å². The molecular weight excluding hydrogens is 360 g/mol. The van der Waals surface area contributed by atoms with E-state index in [9.17, 15) is 18.0 Å². The van der Waals surface area contributed by atoms with Gasteiger partial charge in [-0.25, -0.2) is 13.1 Å². The monoisotopic (exact) mass is 380 g/mol. The lowest BCUT2D eigenvalue weighted by Gasteiger charge is -2.09. The van der Waals surface area contributed by atoms with Gasteiger partial charge in [0.2, 0.25) is 15.9 Å². The molecule has 0 saturated heterocycles. The van der Waals surface area contributed by atoms with Gasteiger partial charge < -0.3 is 14.8 Å². The molecule has 3 N–H and O–H groups in total. The van der Waals surface area contributed by atoms with Gasteiger partial charge in [0.15, 0.2) is 0 Å². The minimum Gasteiger partial charge on any atom is -0.481 e. The molecule has 0 bridgehead atoms. The zero-order valence-corrected chi connectivity index (χ0v) is 14.8. The average molecular weight is 380 g/mol. The third-order valence-electron chi connectivity index (χ3n) is 3.49. The number of amides is 1. The highest BCUT2D eigenvalue weighted by atomic mass is 32.2. The van der Waals surface area contributed by atoms with Crippen LogP contribution in [0, 0.1) is 0 Å². The Labute approximate surface area is 151 Å². The van der Waals surface area contributed by atoms with Crippen molar-refractivity contribution in [3.8, 4) is 0 Å². The molecule has 0 fully saturated rings. The van der Waals surface area contributed by atoms with E-state index < -0.39 is 16.0 Å². The molecule has 1 amide bonds. The molecule has 26 heavy (non-hydrogen) atoms. The first-order valence-corrected chi connectivity index (χ1v) is 9.49. The zero-order valence-electron chi connectivity index (χ0n) is 14.0. The number of carbonyl (C=O) groups is 2. The predicted molar refractivity (Wildman–Crippen MR) is 93.9 cm³/mol. The fraction of sp³-hybridized carbons (Fsp3) is 0.294. The standard InChI is InChI=1S/C17H20N2O6S/c20-16(8-1-2-9-17(21)22)19-13-5-3-7-15(11-13)26(23,24)18-12-14-6-4-10-25-14/h3-7,10-11,18H,1-2,8-9,12H2,(H,19,20)(H,21,22). The highest BCUT2D eigenvalue weighted by Gasteiger charge is 2.15. The van der Waals surface area contributed by atoms with E-state index in [1.807, 2.05) is 0 Å². The molecule has 0 saturated carbocycles. The van der Waals surface area contributed by atoms with Crippen molar-refractivity contribution in [3.05, 3.63) is 48.4 Å². The maximum atomic E-state index is 12.3. The molecule has 2 rings (SSSR count). The van der Waals surface area contributed by atoms with Gasteiger partial charge in [-0.05, 0) is 43.2 Å². The quantitative estimate of drug-likeness (QED) is 0.543. The van der Waals surface area contributed by atoms with E-state index in [2.05, 4.69) is 10.0 Å². The number of hydrogen-bond donors (Lipinski definition) is 3. The van der Waals surface area contributed by atoms with Crippen molar-refractivity contribution in [2.45, 2.75) is 37.1 Å². The first-order chi connectivity index (χ1) is 12.4. The largest absolute Gasteiger partial charge is 0.481 e. The number of nitrogens with one attached hydrogen (secondary N) is 2. The summed E-state index contributed by atoms with van der Waals surface area (Å²) < 4.78 is 32.1. The molecule has 0 atom stereocenters. The van der Waals surface area contributed by atoms with E-state index in [1.54, 1.807) is 18.2 Å². The lowest BCUT2D eigenvalue weighted by atomic mass is 10.2. The Balaban J connectivity index is 1.91. The lowest BCUT2D eigenvalue weighted by molar-refractivity contribution is -0.137. The Bertz CT molecular complexity index is 846. The topological polar surface area (TPSA) is 126 Å². The lowest BCUT2D eigenvalue weighted by Crippen LogP contribution is -2.23. The van der Waals surface area contributed by atoms with Crippen molar-refractivity contribution >= 4 is 27.6 Å². The maximum Gasteiger partial charge on any atom is 0.303 e. The van der Waals surface area contributed by atoms with E-state index >= 15 is 0 Å². The van der Waals surface area contributed by atoms with E-state index in [-0.39, 0.29) is 30.2 Å². The highest BCUT2D eigenvalue weighted by Crippen LogP contribution is 2.16. The van der Waals surface area contributed by atoms with E-state index in [4.69, 9.17) is 9.52 Å². The van der Waals surface area contributed by atoms with E-state index in [1.165, 1.54) is 24.5 Å². The molecule has 0 radical (unpaired) electrons. The van der Waals surface area contributed by atoms with Crippen LogP contribution in [0.15, 0.2) is 52.0 Å². The van der Waals surface area contributed by atoms with Crippen LogP contribution < -0.4 is 10.0 Å². The summed E-state index contributed by atoms with van der Waals surface area (Å²) >= 11 is 0. The summed E-state index contributed by atoms with van der Waals surface area (Å²) in [5.41, 5.74) is 0.356. The number of rotatable bonds is 10. The normalized spacial score (nSPS) is 11.2. The van der Waals surface area contributed by atoms with Crippen LogP contribution in [0.4, 0.5) is 5.69 Å². The van der Waals surface area contributed by atoms with Crippen LogP contribution in [0.2, 0.25) is 0 Å². The molecular formula is C17H20N2O6S. The molecule has 1 aromatic heterocycles. The van der Waals surface area contributed by atoms with Crippen molar-refractivity contribution in [1.82, 2.24) is 4.72 Å². The van der Waals surface area contributed by atoms with Gasteiger partial charge in [0.1, 0.15) is 5.76 Å². The van der Waals surface area contributed by atoms with Crippen molar-refractivity contribution in [2.75, 3.05) is 5.32 Å². The van der Waals surface area contributed by atoms with Gasteiger partial charge in [-0.15, -0.1) is 0 Å². The van der Waals surface area contributed by atoms with Crippen LogP contribution in [0.25, 0.3) is 0 Å². The van der Waals surface area contributed by atoms with Crippen LogP contribution in [0.1, 0.15) is 31.4 Å². The second-order valence-electron chi connectivity index (χ2n) is 5.58. The minimum absolute atomic E-state index is 0.0162. The second kappa shape index (κ2) is 9.16. The molecule has 0 aliphatic carbocycles. The maximum absolute atomic E-state index is 12.3. The first-order valence-electron chi connectivity index (χ1n) is 8.00. The smallest absolute Gasteiger partial charge is 0.303 e. The van der Waals surface area contributed by atoms with Gasteiger partial charge in [-0.3, -0.25) is 9.59 Å². The molecule has 9 heteroatoms. The minimum atomic E-state index is -3.75. The number of unbranched alkanes of at least 4 members (excludes halogenated alkanes) is 1. The fourth-order valence-electron chi connectivity index (χ4n) is 2.19. The third kappa shape index (κ3) is 6.34. The molecule has 0 aliphatic rings. The summed E-state index contributed by atoms with van der Waals surface area (Å²) in [6.45, 7) is 0.0233. The number of carboxylic acids is 1. The molecule has 0 spiro atoms. The number of benzene rings is 1. The first kappa shape index (κ1) is 19.7. The third-order valence-corrected chi connectivity index (χ3v) is 4.89. The Hall–Kier alpha value is -2.65. The van der Waals surface area contributed by atoms with Crippen molar-refractivity contribution < 1.29 is 27.5 Å². The Morgan fingerprint density at radius 1 is 1.08 bits per heavy atom. The molecule has 1 aromatic carbocycles. The van der Waals surface area contributed by atoms with Crippen LogP contribution in [0.3, 0.4) is 0 Å². The molecule has 140 valence electrons. The second-order valence-corrected chi connectivity index (χ2v) is 7.35. The summed E-state index contributed by atoms with van der Waals surface area (Å²) in [4.78, 5) is 22.3.